The van der Waals surface area contributed by atoms with E-state index in [1.807, 2.05) is 66.4 Å². The molecule has 0 radical (unpaired) electrons. The first-order chi connectivity index (χ1) is 23.0. The summed E-state index contributed by atoms with van der Waals surface area (Å²) >= 11 is 0. The molecule has 2 aliphatic heterocycles. The lowest BCUT2D eigenvalue weighted by atomic mass is 9.86. The fourth-order valence-electron chi connectivity index (χ4n) is 6.93. The molecular formula is C38H46N6O4. The number of hydrogen-bond donors (Lipinski definition) is 3. The van der Waals surface area contributed by atoms with E-state index >= 15 is 0 Å². The second kappa shape index (κ2) is 13.6. The Morgan fingerprint density at radius 1 is 0.854 bits per heavy atom. The van der Waals surface area contributed by atoms with Gasteiger partial charge in [0.2, 0.25) is 0 Å². The highest BCUT2D eigenvalue weighted by atomic mass is 16.5. The molecule has 2 aliphatic rings. The van der Waals surface area contributed by atoms with Gasteiger partial charge in [0.05, 0.1) is 31.3 Å². The van der Waals surface area contributed by atoms with Crippen molar-refractivity contribution in [2.24, 2.45) is 5.92 Å². The van der Waals surface area contributed by atoms with Gasteiger partial charge in [-0.15, -0.1) is 0 Å². The molecule has 2 unspecified atom stereocenters. The van der Waals surface area contributed by atoms with E-state index in [-0.39, 0.29) is 29.6 Å². The van der Waals surface area contributed by atoms with E-state index in [2.05, 4.69) is 48.9 Å². The number of rotatable bonds is 8. The molecule has 2 fully saturated rings. The normalized spacial score (nSPS) is 18.7. The number of aromatic nitrogens is 2. The molecule has 4 amide bonds. The number of urea groups is 2. The Bertz CT molecular complexity index is 1750. The van der Waals surface area contributed by atoms with Crippen molar-refractivity contribution >= 4 is 29.3 Å². The number of nitrogens with zero attached hydrogens (tertiary/aromatic N) is 3. The van der Waals surface area contributed by atoms with Crippen molar-refractivity contribution in [1.82, 2.24) is 14.7 Å². The average molecular weight is 651 g/mol. The van der Waals surface area contributed by atoms with Crippen molar-refractivity contribution in [2.75, 3.05) is 30.2 Å². The Balaban J connectivity index is 1.05. The van der Waals surface area contributed by atoms with Crippen LogP contribution in [-0.2, 0) is 11.8 Å². The van der Waals surface area contributed by atoms with Gasteiger partial charge >= 0.3 is 12.1 Å². The van der Waals surface area contributed by atoms with Gasteiger partial charge in [0.15, 0.2) is 0 Å². The van der Waals surface area contributed by atoms with Gasteiger partial charge in [-0.2, -0.15) is 5.10 Å². The van der Waals surface area contributed by atoms with Crippen LogP contribution in [0.1, 0.15) is 63.3 Å². The number of aryl methyl sites for hydroxylation is 1. The fraction of sp³-hybridized carbons (Fsp3) is 0.395. The predicted molar refractivity (Wildman–Crippen MR) is 190 cm³/mol. The lowest BCUT2D eigenvalue weighted by Crippen LogP contribution is -2.48. The van der Waals surface area contributed by atoms with E-state index in [1.54, 1.807) is 25.0 Å². The van der Waals surface area contributed by atoms with Gasteiger partial charge in [0.1, 0.15) is 17.3 Å². The van der Waals surface area contributed by atoms with Gasteiger partial charge in [-0.05, 0) is 86.9 Å². The van der Waals surface area contributed by atoms with E-state index in [1.165, 1.54) is 5.56 Å². The van der Waals surface area contributed by atoms with Gasteiger partial charge in [0.25, 0.3) is 0 Å². The summed E-state index contributed by atoms with van der Waals surface area (Å²) in [5.74, 6) is 2.34. The molecule has 1 aromatic heterocycles. The Morgan fingerprint density at radius 2 is 1.54 bits per heavy atom. The van der Waals surface area contributed by atoms with Crippen LogP contribution in [0, 0.1) is 12.8 Å². The average Bonchev–Trinajstić information content (AvgIpc) is 3.60. The first kappa shape index (κ1) is 32.9. The zero-order valence-corrected chi connectivity index (χ0v) is 28.7. The van der Waals surface area contributed by atoms with Crippen LogP contribution < -0.4 is 25.4 Å². The lowest BCUT2D eigenvalue weighted by Gasteiger charge is -2.39. The second-order valence-corrected chi connectivity index (χ2v) is 14.0. The van der Waals surface area contributed by atoms with Crippen LogP contribution in [0.3, 0.4) is 0 Å². The summed E-state index contributed by atoms with van der Waals surface area (Å²) in [6, 6.07) is 23.5. The number of carbonyl (C=O) groups excluding carboxylic acids is 2. The molecule has 3 heterocycles. The van der Waals surface area contributed by atoms with Crippen LogP contribution >= 0.6 is 0 Å². The maximum Gasteiger partial charge on any atom is 0.324 e. The summed E-state index contributed by atoms with van der Waals surface area (Å²) in [5, 5.41) is 13.9. The third kappa shape index (κ3) is 7.27. The summed E-state index contributed by atoms with van der Waals surface area (Å²) in [5.41, 5.74) is 5.33. The molecule has 4 aromatic rings. The van der Waals surface area contributed by atoms with E-state index in [4.69, 9.17) is 14.6 Å². The van der Waals surface area contributed by atoms with Gasteiger partial charge < -0.3 is 25.0 Å². The zero-order valence-electron chi connectivity index (χ0n) is 28.7. The third-order valence-electron chi connectivity index (χ3n) is 9.45. The van der Waals surface area contributed by atoms with Crippen molar-refractivity contribution in [2.45, 2.75) is 77.3 Å². The van der Waals surface area contributed by atoms with Crippen LogP contribution in [-0.4, -0.2) is 53.0 Å². The summed E-state index contributed by atoms with van der Waals surface area (Å²) in [7, 11) is 3.19. The fourth-order valence-corrected chi connectivity index (χ4v) is 6.93. The number of ether oxygens (including phenoxy) is 2. The number of amides is 4. The predicted octanol–water partition coefficient (Wildman–Crippen LogP) is 8.16. The molecular weight excluding hydrogens is 604 g/mol. The van der Waals surface area contributed by atoms with Crippen molar-refractivity contribution in [3.8, 4) is 17.2 Å². The molecule has 2 bridgehead atoms. The lowest BCUT2D eigenvalue weighted by molar-refractivity contribution is 0.131. The second-order valence-electron chi connectivity index (χ2n) is 14.0. The number of hydrogen-bond acceptors (Lipinski definition) is 5. The first-order valence-electron chi connectivity index (χ1n) is 16.7. The smallest absolute Gasteiger partial charge is 0.324 e. The van der Waals surface area contributed by atoms with Crippen molar-refractivity contribution in [3.05, 3.63) is 89.6 Å². The van der Waals surface area contributed by atoms with Crippen LogP contribution in [0.15, 0.2) is 72.8 Å². The maximum atomic E-state index is 13.4. The number of carbonyl (C=O) groups is 2. The number of anilines is 3. The Hall–Kier alpha value is -4.99. The summed E-state index contributed by atoms with van der Waals surface area (Å²) in [4.78, 5) is 28.5. The molecule has 2 saturated heterocycles. The van der Waals surface area contributed by atoms with E-state index < -0.39 is 0 Å². The maximum absolute atomic E-state index is 13.4. The van der Waals surface area contributed by atoms with Gasteiger partial charge in [0, 0.05) is 35.3 Å². The SMILES string of the molecule is COc1ccc(NC(=O)N2C3CCC2CC(Cc2ccc(NC(=O)Nc4cc(C(C)(C)C)nn4-c4ccc(C)cc4)cc2)C3)c(OC)c1. The Kier molecular flexibility index (Phi) is 9.35. The highest BCUT2D eigenvalue weighted by Crippen LogP contribution is 2.41. The highest BCUT2D eigenvalue weighted by molar-refractivity contribution is 5.99. The number of methoxy groups -OCH3 is 2. The Morgan fingerprint density at radius 3 is 2.17 bits per heavy atom. The van der Waals surface area contributed by atoms with Gasteiger partial charge in [-0.3, -0.25) is 5.32 Å². The highest BCUT2D eigenvalue weighted by Gasteiger charge is 2.43. The molecule has 252 valence electrons. The molecule has 48 heavy (non-hydrogen) atoms. The molecule has 2 atom stereocenters. The van der Waals surface area contributed by atoms with Crippen molar-refractivity contribution in [1.29, 1.82) is 0 Å². The quantitative estimate of drug-likeness (QED) is 0.178. The zero-order chi connectivity index (χ0) is 34.0. The third-order valence-corrected chi connectivity index (χ3v) is 9.45. The Labute approximate surface area is 282 Å². The number of fused-ring (bicyclic) bond motifs is 2. The van der Waals surface area contributed by atoms with E-state index in [0.29, 0.717) is 34.6 Å². The molecule has 3 aromatic carbocycles. The van der Waals surface area contributed by atoms with Crippen LogP contribution in [0.5, 0.6) is 11.5 Å². The largest absolute Gasteiger partial charge is 0.497 e. The molecule has 10 nitrogen and oxygen atoms in total. The molecule has 0 spiro atoms. The minimum Gasteiger partial charge on any atom is -0.497 e. The number of piperidine rings is 1. The van der Waals surface area contributed by atoms with Crippen molar-refractivity contribution < 1.29 is 19.1 Å². The van der Waals surface area contributed by atoms with E-state index in [0.717, 1.165) is 49.0 Å². The minimum absolute atomic E-state index is 0.0744. The van der Waals surface area contributed by atoms with Crippen LogP contribution in [0.4, 0.5) is 26.8 Å². The first-order valence-corrected chi connectivity index (χ1v) is 16.7. The summed E-state index contributed by atoms with van der Waals surface area (Å²) < 4.78 is 12.5. The standard InChI is InChI=1S/C38H46N6O4/c1-24-7-13-28(14-8-24)44-35(23-34(42-44)38(2,3)4)41-36(45)39-27-11-9-25(10-12-27)19-26-20-29-15-16-30(21-26)43(29)37(46)40-32-18-17-31(47-5)22-33(32)48-6/h7-14,17-18,22-23,26,29-30H,15-16,19-21H2,1-6H3,(H,40,46)(H2,39,41,45). The number of benzene rings is 3. The molecule has 0 aliphatic carbocycles. The topological polar surface area (TPSA) is 110 Å². The molecule has 10 heteroatoms. The van der Waals surface area contributed by atoms with Crippen LogP contribution in [0.25, 0.3) is 5.69 Å². The van der Waals surface area contributed by atoms with Gasteiger partial charge in [-0.1, -0.05) is 50.6 Å². The van der Waals surface area contributed by atoms with Crippen LogP contribution in [0.2, 0.25) is 0 Å². The molecule has 0 saturated carbocycles. The van der Waals surface area contributed by atoms with E-state index in [9.17, 15) is 9.59 Å². The van der Waals surface area contributed by atoms with Gasteiger partial charge in [-0.25, -0.2) is 14.3 Å². The monoisotopic (exact) mass is 650 g/mol. The number of nitrogens with one attached hydrogen (secondary N) is 3. The minimum atomic E-state index is -0.328. The summed E-state index contributed by atoms with van der Waals surface area (Å²) in [6.07, 6.45) is 4.92. The molecule has 3 N–H and O–H groups in total. The summed E-state index contributed by atoms with van der Waals surface area (Å²) in [6.45, 7) is 8.36. The van der Waals surface area contributed by atoms with Crippen molar-refractivity contribution in [3.63, 3.8) is 0 Å². The molecule has 6 rings (SSSR count).